The highest BCUT2D eigenvalue weighted by molar-refractivity contribution is 7.89. The van der Waals surface area contributed by atoms with Crippen molar-refractivity contribution in [1.82, 2.24) is 4.72 Å². The molecule has 31 heavy (non-hydrogen) atoms. The van der Waals surface area contributed by atoms with Crippen molar-refractivity contribution in [2.45, 2.75) is 17.4 Å². The first-order valence-electron chi connectivity index (χ1n) is 9.25. The third kappa shape index (κ3) is 5.81. The van der Waals surface area contributed by atoms with Crippen LogP contribution in [-0.4, -0.2) is 27.5 Å². The Morgan fingerprint density at radius 3 is 2.42 bits per heavy atom. The largest absolute Gasteiger partial charge is 0.495 e. The van der Waals surface area contributed by atoms with E-state index in [0.717, 1.165) is 17.7 Å². The fourth-order valence-electron chi connectivity index (χ4n) is 2.95. The molecule has 1 atom stereocenters. The fraction of sp³-hybridized carbons (Fsp3) is 0.136. The minimum absolute atomic E-state index is 0.0449. The van der Waals surface area contributed by atoms with E-state index >= 15 is 0 Å². The van der Waals surface area contributed by atoms with Gasteiger partial charge in [0.15, 0.2) is 0 Å². The zero-order valence-corrected chi connectivity index (χ0v) is 18.1. The molecule has 0 aliphatic carbocycles. The van der Waals surface area contributed by atoms with Crippen LogP contribution in [0, 0.1) is 5.82 Å². The Labute approximate surface area is 185 Å². The van der Waals surface area contributed by atoms with Crippen molar-refractivity contribution in [2.75, 3.05) is 12.4 Å². The zero-order chi connectivity index (χ0) is 22.4. The third-order valence-electron chi connectivity index (χ3n) is 4.44. The van der Waals surface area contributed by atoms with E-state index in [-0.39, 0.29) is 12.1 Å². The third-order valence-corrected chi connectivity index (χ3v) is 6.18. The summed E-state index contributed by atoms with van der Waals surface area (Å²) < 4.78 is 47.3. The number of ether oxygens (including phenoxy) is 1. The van der Waals surface area contributed by atoms with Gasteiger partial charge in [0.2, 0.25) is 15.9 Å². The SMILES string of the molecule is COc1ccc(Cl)cc1NC(=O)[C@@H](Cc1ccccc1)NS(=O)(=O)c1ccccc1F. The van der Waals surface area contributed by atoms with Gasteiger partial charge in [0, 0.05) is 5.02 Å². The molecule has 0 fully saturated rings. The van der Waals surface area contributed by atoms with Crippen LogP contribution < -0.4 is 14.8 Å². The molecular weight excluding hydrogens is 443 g/mol. The predicted octanol–water partition coefficient (Wildman–Crippen LogP) is 4.02. The van der Waals surface area contributed by atoms with Gasteiger partial charge in [-0.25, -0.2) is 12.8 Å². The minimum Gasteiger partial charge on any atom is -0.495 e. The van der Waals surface area contributed by atoms with E-state index in [1.54, 1.807) is 42.5 Å². The maximum atomic E-state index is 14.1. The van der Waals surface area contributed by atoms with Gasteiger partial charge >= 0.3 is 0 Å². The molecule has 3 aromatic carbocycles. The van der Waals surface area contributed by atoms with Gasteiger partial charge in [-0.3, -0.25) is 4.79 Å². The van der Waals surface area contributed by atoms with Crippen LogP contribution in [0.15, 0.2) is 77.7 Å². The molecule has 162 valence electrons. The molecule has 0 aliphatic heterocycles. The number of nitrogens with one attached hydrogen (secondary N) is 2. The van der Waals surface area contributed by atoms with E-state index in [4.69, 9.17) is 16.3 Å². The van der Waals surface area contributed by atoms with E-state index < -0.39 is 32.7 Å². The van der Waals surface area contributed by atoms with E-state index in [9.17, 15) is 17.6 Å². The molecule has 3 aromatic rings. The van der Waals surface area contributed by atoms with Gasteiger partial charge in [-0.1, -0.05) is 54.1 Å². The van der Waals surface area contributed by atoms with Crippen LogP contribution in [0.5, 0.6) is 5.75 Å². The molecule has 1 amide bonds. The zero-order valence-electron chi connectivity index (χ0n) is 16.5. The molecule has 0 unspecified atom stereocenters. The van der Waals surface area contributed by atoms with Gasteiger partial charge in [-0.2, -0.15) is 4.72 Å². The van der Waals surface area contributed by atoms with Crippen LogP contribution in [0.3, 0.4) is 0 Å². The van der Waals surface area contributed by atoms with Gasteiger partial charge in [-0.15, -0.1) is 0 Å². The molecule has 0 saturated heterocycles. The first-order chi connectivity index (χ1) is 14.8. The van der Waals surface area contributed by atoms with E-state index in [1.165, 1.54) is 25.3 Å². The molecule has 2 N–H and O–H groups in total. The number of sulfonamides is 1. The second kappa shape index (κ2) is 9.91. The Balaban J connectivity index is 1.92. The molecule has 0 bridgehead atoms. The summed E-state index contributed by atoms with van der Waals surface area (Å²) in [4.78, 5) is 12.5. The number of halogens is 2. The van der Waals surface area contributed by atoms with Crippen molar-refractivity contribution in [3.05, 3.63) is 89.2 Å². The van der Waals surface area contributed by atoms with Crippen molar-refractivity contribution in [3.8, 4) is 5.75 Å². The number of carbonyl (C=O) groups is 1. The summed E-state index contributed by atoms with van der Waals surface area (Å²) in [5.41, 5.74) is 1.00. The predicted molar refractivity (Wildman–Crippen MR) is 117 cm³/mol. The van der Waals surface area contributed by atoms with Crippen molar-refractivity contribution < 1.29 is 22.3 Å². The summed E-state index contributed by atoms with van der Waals surface area (Å²) in [6, 6.07) is 17.3. The fourth-order valence-corrected chi connectivity index (χ4v) is 4.40. The van der Waals surface area contributed by atoms with E-state index in [2.05, 4.69) is 10.0 Å². The number of amides is 1. The van der Waals surface area contributed by atoms with Crippen LogP contribution in [0.4, 0.5) is 10.1 Å². The first-order valence-corrected chi connectivity index (χ1v) is 11.1. The van der Waals surface area contributed by atoms with Crippen LogP contribution in [-0.2, 0) is 21.2 Å². The minimum atomic E-state index is -4.31. The summed E-state index contributed by atoms with van der Waals surface area (Å²) in [5, 5.41) is 3.01. The molecule has 0 aromatic heterocycles. The Kier molecular flexibility index (Phi) is 7.27. The Hall–Kier alpha value is -2.94. The standard InChI is InChI=1S/C22H20ClFN2O4S/c1-30-20-12-11-16(23)14-18(20)25-22(27)19(13-15-7-3-2-4-8-15)26-31(28,29)21-10-6-5-9-17(21)24/h2-12,14,19,26H,13H2,1H3,(H,25,27)/t19-/m1/s1. The number of rotatable bonds is 8. The number of hydrogen-bond donors (Lipinski definition) is 2. The normalized spacial score (nSPS) is 12.2. The van der Waals surface area contributed by atoms with Crippen molar-refractivity contribution in [1.29, 1.82) is 0 Å². The van der Waals surface area contributed by atoms with E-state index in [1.807, 2.05) is 0 Å². The molecule has 0 saturated carbocycles. The summed E-state index contributed by atoms with van der Waals surface area (Å²) in [5.74, 6) is -1.21. The van der Waals surface area contributed by atoms with Crippen molar-refractivity contribution in [3.63, 3.8) is 0 Å². The summed E-state index contributed by atoms with van der Waals surface area (Å²) in [6.45, 7) is 0. The molecule has 9 heteroatoms. The molecule has 0 radical (unpaired) electrons. The maximum Gasteiger partial charge on any atom is 0.244 e. The lowest BCUT2D eigenvalue weighted by atomic mass is 10.1. The smallest absolute Gasteiger partial charge is 0.244 e. The average molecular weight is 463 g/mol. The van der Waals surface area contributed by atoms with E-state index in [0.29, 0.717) is 10.8 Å². The Bertz CT molecular complexity index is 1170. The lowest BCUT2D eigenvalue weighted by molar-refractivity contribution is -0.117. The van der Waals surface area contributed by atoms with Crippen LogP contribution in [0.2, 0.25) is 5.02 Å². The lowest BCUT2D eigenvalue weighted by Gasteiger charge is -2.20. The van der Waals surface area contributed by atoms with Crippen molar-refractivity contribution >= 4 is 33.2 Å². The number of carbonyl (C=O) groups excluding carboxylic acids is 1. The van der Waals surface area contributed by atoms with Gasteiger partial charge in [0.1, 0.15) is 22.5 Å². The summed E-state index contributed by atoms with van der Waals surface area (Å²) >= 11 is 6.01. The number of anilines is 1. The Morgan fingerprint density at radius 1 is 1.06 bits per heavy atom. The Morgan fingerprint density at radius 2 is 1.74 bits per heavy atom. The molecule has 0 heterocycles. The molecular formula is C22H20ClFN2O4S. The highest BCUT2D eigenvalue weighted by Crippen LogP contribution is 2.28. The van der Waals surface area contributed by atoms with Crippen LogP contribution >= 0.6 is 11.6 Å². The van der Waals surface area contributed by atoms with Gasteiger partial charge in [0.05, 0.1) is 12.8 Å². The van der Waals surface area contributed by atoms with Crippen LogP contribution in [0.25, 0.3) is 0 Å². The van der Waals surface area contributed by atoms with Crippen LogP contribution in [0.1, 0.15) is 5.56 Å². The highest BCUT2D eigenvalue weighted by Gasteiger charge is 2.28. The number of hydrogen-bond acceptors (Lipinski definition) is 4. The summed E-state index contributed by atoms with van der Waals surface area (Å²) in [6.07, 6.45) is 0.0449. The maximum absolute atomic E-state index is 14.1. The number of methoxy groups -OCH3 is 1. The number of benzene rings is 3. The highest BCUT2D eigenvalue weighted by atomic mass is 35.5. The lowest BCUT2D eigenvalue weighted by Crippen LogP contribution is -2.45. The second-order valence-corrected chi connectivity index (χ2v) is 8.75. The van der Waals surface area contributed by atoms with Gasteiger partial charge < -0.3 is 10.1 Å². The van der Waals surface area contributed by atoms with Gasteiger partial charge in [-0.05, 0) is 42.3 Å². The van der Waals surface area contributed by atoms with Gasteiger partial charge in [0.25, 0.3) is 0 Å². The monoisotopic (exact) mass is 462 g/mol. The summed E-state index contributed by atoms with van der Waals surface area (Å²) in [7, 11) is -2.88. The molecule has 0 aliphatic rings. The molecule has 3 rings (SSSR count). The first kappa shape index (κ1) is 22.7. The molecule has 0 spiro atoms. The quantitative estimate of drug-likeness (QED) is 0.529. The van der Waals surface area contributed by atoms with Crippen molar-refractivity contribution in [2.24, 2.45) is 0 Å². The second-order valence-electron chi connectivity index (χ2n) is 6.63. The molecule has 6 nitrogen and oxygen atoms in total. The topological polar surface area (TPSA) is 84.5 Å². The average Bonchev–Trinajstić information content (AvgIpc) is 2.74.